The molecule has 1 saturated heterocycles. The number of rotatable bonds is 5. The summed E-state index contributed by atoms with van der Waals surface area (Å²) in [4.78, 5) is 10.5. The van der Waals surface area contributed by atoms with E-state index in [1.165, 1.54) is 62.5 Å². The first-order chi connectivity index (χ1) is 20.3. The quantitative estimate of drug-likeness (QED) is 0.316. The Morgan fingerprint density at radius 2 is 1.74 bits per heavy atom. The second-order valence-electron chi connectivity index (χ2n) is 13.8. The predicted molar refractivity (Wildman–Crippen MR) is 183 cm³/mol. The van der Waals surface area contributed by atoms with E-state index in [0.29, 0.717) is 23.8 Å². The molecular formula is C37H56N4OS. The summed E-state index contributed by atoms with van der Waals surface area (Å²) in [7, 11) is 0. The third kappa shape index (κ3) is 5.66. The van der Waals surface area contributed by atoms with Crippen LogP contribution in [0.15, 0.2) is 12.5 Å². The highest BCUT2D eigenvalue weighted by molar-refractivity contribution is 7.12. The number of hydrogen-bond acceptors (Lipinski definition) is 5. The summed E-state index contributed by atoms with van der Waals surface area (Å²) in [6.07, 6.45) is 16.3. The first kappa shape index (κ1) is 32.4. The number of β-amino-alcohol motifs (C(OH)–C–C–N with tert-alkyl or cyclic N) is 1. The lowest BCUT2D eigenvalue weighted by Gasteiger charge is -2.50. The van der Waals surface area contributed by atoms with Crippen LogP contribution >= 0.6 is 11.3 Å². The highest BCUT2D eigenvalue weighted by Gasteiger charge is 2.42. The summed E-state index contributed by atoms with van der Waals surface area (Å²) >= 11 is 2.16. The minimum atomic E-state index is -0.467. The van der Waals surface area contributed by atoms with Gasteiger partial charge in [0.25, 0.3) is 0 Å². The van der Waals surface area contributed by atoms with E-state index >= 15 is 0 Å². The van der Waals surface area contributed by atoms with Crippen LogP contribution in [0, 0.1) is 18.8 Å². The number of pyridine rings is 1. The molecule has 2 fully saturated rings. The Labute approximate surface area is 264 Å². The molecule has 1 aliphatic heterocycles. The second kappa shape index (κ2) is 12.8. The van der Waals surface area contributed by atoms with Crippen LogP contribution < -0.4 is 0 Å². The molecule has 0 radical (unpaired) electrons. The lowest BCUT2D eigenvalue weighted by molar-refractivity contribution is -0.107. The van der Waals surface area contributed by atoms with Gasteiger partial charge < -0.3 is 5.11 Å². The third-order valence-electron chi connectivity index (χ3n) is 10.6. The molecule has 0 bridgehead atoms. The van der Waals surface area contributed by atoms with Crippen molar-refractivity contribution in [1.29, 1.82) is 0 Å². The minimum Gasteiger partial charge on any atom is -0.388 e. The van der Waals surface area contributed by atoms with Gasteiger partial charge in [-0.1, -0.05) is 42.0 Å². The Balaban J connectivity index is 0.00000120. The SMILES string of the molecule is C.CC.CCC1CCc2sc(C3CCC(N4CC(C)(O)C4)CC3)c(C)c2C(C(C)C)=C1c1cn2ncnc2c2c1CCC2. The van der Waals surface area contributed by atoms with Crippen molar-refractivity contribution in [2.24, 2.45) is 11.8 Å². The first-order valence-electron chi connectivity index (χ1n) is 16.9. The van der Waals surface area contributed by atoms with Gasteiger partial charge in [0, 0.05) is 46.2 Å². The first-order valence-corrected chi connectivity index (χ1v) is 17.7. The molecule has 6 heteroatoms. The van der Waals surface area contributed by atoms with Gasteiger partial charge in [0.1, 0.15) is 6.33 Å². The summed E-state index contributed by atoms with van der Waals surface area (Å²) in [6.45, 7) is 17.4. The van der Waals surface area contributed by atoms with Gasteiger partial charge in [-0.15, -0.1) is 11.3 Å². The van der Waals surface area contributed by atoms with Gasteiger partial charge in [-0.2, -0.15) is 5.10 Å². The maximum absolute atomic E-state index is 10.2. The van der Waals surface area contributed by atoms with Crippen LogP contribution in [-0.4, -0.2) is 49.3 Å². The van der Waals surface area contributed by atoms with E-state index in [-0.39, 0.29) is 7.43 Å². The number of aliphatic hydroxyl groups is 1. The predicted octanol–water partition coefficient (Wildman–Crippen LogP) is 8.88. The average Bonchev–Trinajstić information content (AvgIpc) is 3.69. The molecule has 3 aromatic heterocycles. The van der Waals surface area contributed by atoms with Crippen molar-refractivity contribution in [2.45, 2.75) is 138 Å². The van der Waals surface area contributed by atoms with Crippen LogP contribution in [0.25, 0.3) is 16.8 Å². The zero-order valence-electron chi connectivity index (χ0n) is 27.1. The Hall–Kier alpha value is -2.02. The number of allylic oxidation sites excluding steroid dienone is 2. The van der Waals surface area contributed by atoms with E-state index in [0.717, 1.165) is 31.6 Å². The molecule has 0 spiro atoms. The van der Waals surface area contributed by atoms with E-state index in [4.69, 9.17) is 0 Å². The van der Waals surface area contributed by atoms with E-state index in [1.807, 2.05) is 20.8 Å². The Kier molecular flexibility index (Phi) is 9.61. The fourth-order valence-electron chi connectivity index (χ4n) is 8.76. The molecule has 7 rings (SSSR count). The number of nitrogens with zero attached hydrogens (tertiary/aromatic N) is 4. The van der Waals surface area contributed by atoms with Gasteiger partial charge in [0.05, 0.1) is 5.60 Å². The molecule has 4 heterocycles. The lowest BCUT2D eigenvalue weighted by atomic mass is 9.78. The van der Waals surface area contributed by atoms with Crippen molar-refractivity contribution in [2.75, 3.05) is 13.1 Å². The number of fused-ring (bicyclic) bond motifs is 4. The Morgan fingerprint density at radius 3 is 2.40 bits per heavy atom. The van der Waals surface area contributed by atoms with Crippen LogP contribution in [-0.2, 0) is 19.3 Å². The van der Waals surface area contributed by atoms with Gasteiger partial charge >= 0.3 is 0 Å². The number of aryl methyl sites for hydroxylation is 2. The van der Waals surface area contributed by atoms with Crippen molar-refractivity contribution in [3.63, 3.8) is 0 Å². The zero-order valence-corrected chi connectivity index (χ0v) is 27.9. The molecule has 1 atom stereocenters. The molecule has 1 saturated carbocycles. The number of likely N-dealkylation sites (tertiary alicyclic amines) is 1. The van der Waals surface area contributed by atoms with E-state index in [1.54, 1.807) is 43.9 Å². The van der Waals surface area contributed by atoms with Crippen molar-refractivity contribution < 1.29 is 5.11 Å². The van der Waals surface area contributed by atoms with Crippen molar-refractivity contribution in [3.8, 4) is 0 Å². The van der Waals surface area contributed by atoms with E-state index in [2.05, 4.69) is 64.7 Å². The van der Waals surface area contributed by atoms with Gasteiger partial charge in [-0.25, -0.2) is 9.50 Å². The smallest absolute Gasteiger partial charge is 0.158 e. The van der Waals surface area contributed by atoms with Crippen LogP contribution in [0.4, 0.5) is 0 Å². The van der Waals surface area contributed by atoms with Crippen LogP contribution in [0.2, 0.25) is 0 Å². The molecule has 236 valence electrons. The average molecular weight is 605 g/mol. The molecule has 1 unspecified atom stereocenters. The number of hydrogen-bond donors (Lipinski definition) is 1. The molecule has 1 N–H and O–H groups in total. The van der Waals surface area contributed by atoms with Crippen LogP contribution in [0.5, 0.6) is 0 Å². The fraction of sp³-hybridized carbons (Fsp3) is 0.676. The Bertz CT molecular complexity index is 1460. The summed E-state index contributed by atoms with van der Waals surface area (Å²) in [5, 5.41) is 14.9. The van der Waals surface area contributed by atoms with E-state index < -0.39 is 5.60 Å². The summed E-state index contributed by atoms with van der Waals surface area (Å²) in [5.74, 6) is 1.74. The third-order valence-corrected chi connectivity index (χ3v) is 12.1. The van der Waals surface area contributed by atoms with Gasteiger partial charge in [-0.05, 0) is 124 Å². The normalized spacial score (nSPS) is 25.0. The zero-order chi connectivity index (χ0) is 29.8. The van der Waals surface area contributed by atoms with Crippen molar-refractivity contribution in [3.05, 3.63) is 50.1 Å². The summed E-state index contributed by atoms with van der Waals surface area (Å²) < 4.78 is 2.06. The topological polar surface area (TPSA) is 53.7 Å². The molecule has 5 nitrogen and oxygen atoms in total. The standard InChI is InChI=1S/C34H46N4OS.C2H6.CH4/c1-6-22-12-15-28-30(21(4)32(40-28)23-10-13-24(14-11-23)37-17-34(5,39)18-37)29(20(2)3)31(22)27-16-38-33(35-19-36-38)26-9-7-8-25(26)27;1-2;/h16,19-20,22-24,39H,6-15,17-18H2,1-5H3;1-2H3;1H4. The maximum atomic E-state index is 10.2. The van der Waals surface area contributed by atoms with Crippen molar-refractivity contribution in [1.82, 2.24) is 19.5 Å². The molecule has 0 aromatic carbocycles. The minimum absolute atomic E-state index is 0. The summed E-state index contributed by atoms with van der Waals surface area (Å²) in [6, 6.07) is 0.659. The van der Waals surface area contributed by atoms with Gasteiger partial charge in [0.15, 0.2) is 5.65 Å². The molecule has 3 aliphatic carbocycles. The fourth-order valence-corrected chi connectivity index (χ4v) is 10.3. The largest absolute Gasteiger partial charge is 0.388 e. The van der Waals surface area contributed by atoms with Gasteiger partial charge in [0.2, 0.25) is 0 Å². The number of thiophene rings is 1. The lowest BCUT2D eigenvalue weighted by Crippen LogP contribution is -2.63. The monoisotopic (exact) mass is 604 g/mol. The van der Waals surface area contributed by atoms with Crippen LogP contribution in [0.1, 0.15) is 137 Å². The van der Waals surface area contributed by atoms with Gasteiger partial charge in [-0.3, -0.25) is 4.90 Å². The maximum Gasteiger partial charge on any atom is 0.158 e. The van der Waals surface area contributed by atoms with Crippen molar-refractivity contribution >= 4 is 28.1 Å². The second-order valence-corrected chi connectivity index (χ2v) is 14.9. The Morgan fingerprint density at radius 1 is 1.05 bits per heavy atom. The highest BCUT2D eigenvalue weighted by atomic mass is 32.1. The highest BCUT2D eigenvalue weighted by Crippen LogP contribution is 2.52. The molecular weight excluding hydrogens is 549 g/mol. The molecule has 0 amide bonds. The summed E-state index contributed by atoms with van der Waals surface area (Å²) in [5.41, 5.74) is 11.5. The molecule has 3 aromatic rings. The van der Waals surface area contributed by atoms with E-state index in [9.17, 15) is 5.11 Å². The van der Waals surface area contributed by atoms with Crippen LogP contribution in [0.3, 0.4) is 0 Å². The number of aromatic nitrogens is 3. The molecule has 4 aliphatic rings. The molecule has 43 heavy (non-hydrogen) atoms.